The maximum Gasteiger partial charge on any atom is 0.355 e. The van der Waals surface area contributed by atoms with E-state index in [9.17, 15) is 13.2 Å². The van der Waals surface area contributed by atoms with Crippen LogP contribution in [0.3, 0.4) is 0 Å². The summed E-state index contributed by atoms with van der Waals surface area (Å²) in [7, 11) is -4.45. The molecule has 0 aromatic heterocycles. The van der Waals surface area contributed by atoms with Crippen molar-refractivity contribution in [2.75, 3.05) is 0 Å². The van der Waals surface area contributed by atoms with E-state index in [-0.39, 0.29) is 31.3 Å². The van der Waals surface area contributed by atoms with Crippen LogP contribution in [0.5, 0.6) is 0 Å². The molecule has 2 saturated carbocycles. The highest BCUT2D eigenvalue weighted by atomic mass is 35.5. The molecule has 6 aliphatic rings. The first-order chi connectivity index (χ1) is 17.2. The molecule has 1 aromatic rings. The molecule has 5 aliphatic carbocycles. The van der Waals surface area contributed by atoms with Gasteiger partial charge < -0.3 is 4.18 Å². The lowest BCUT2D eigenvalue weighted by Crippen LogP contribution is -2.53. The minimum atomic E-state index is -4.45. The van der Waals surface area contributed by atoms with Gasteiger partial charge in [0, 0.05) is 23.7 Å². The molecule has 2 fully saturated rings. The van der Waals surface area contributed by atoms with Gasteiger partial charge >= 0.3 is 16.1 Å². The molecule has 7 rings (SSSR count). The number of rotatable bonds is 0. The Bertz CT molecular complexity index is 1640. The summed E-state index contributed by atoms with van der Waals surface area (Å²) < 4.78 is 25.9. The highest BCUT2D eigenvalue weighted by molar-refractivity contribution is 7.87. The zero-order valence-electron chi connectivity index (χ0n) is 17.5. The van der Waals surface area contributed by atoms with Crippen LogP contribution in [0.1, 0.15) is 33.3 Å². The van der Waals surface area contributed by atoms with Crippen LogP contribution in [0.15, 0.2) is 37.2 Å². The zero-order valence-corrected chi connectivity index (χ0v) is 27.4. The van der Waals surface area contributed by atoms with E-state index in [1.165, 1.54) is 12.1 Å². The van der Waals surface area contributed by atoms with Gasteiger partial charge in [0.15, 0.2) is 8.67 Å². The van der Waals surface area contributed by atoms with Crippen LogP contribution in [-0.2, 0) is 14.3 Å². The first-order valence-corrected chi connectivity index (χ1v) is 16.5. The van der Waals surface area contributed by atoms with E-state index in [4.69, 9.17) is 139 Å². The van der Waals surface area contributed by atoms with Gasteiger partial charge in [-0.15, -0.1) is 46.4 Å². The maximum absolute atomic E-state index is 12.7. The van der Waals surface area contributed by atoms with Crippen LogP contribution in [0.4, 0.5) is 0 Å². The van der Waals surface area contributed by atoms with Gasteiger partial charge in [-0.05, 0) is 23.3 Å². The van der Waals surface area contributed by atoms with Crippen molar-refractivity contribution in [3.63, 3.8) is 0 Å². The summed E-state index contributed by atoms with van der Waals surface area (Å²) in [5, 5.41) is -0.529. The number of hydrogen-bond acceptors (Lipinski definition) is 4. The second kappa shape index (κ2) is 7.45. The summed E-state index contributed by atoms with van der Waals surface area (Å²) in [5.41, 5.74) is 0.302. The van der Waals surface area contributed by atoms with Gasteiger partial charge in [0.2, 0.25) is 0 Å². The molecule has 38 heavy (non-hydrogen) atoms. The number of carbonyl (C=O) groups excluding carboxylic acids is 1. The molecule has 1 aliphatic heterocycles. The van der Waals surface area contributed by atoms with E-state index in [1.54, 1.807) is 0 Å². The van der Waals surface area contributed by atoms with Gasteiger partial charge in [0.05, 0.1) is 25.7 Å². The summed E-state index contributed by atoms with van der Waals surface area (Å²) in [5.74, 6) is -5.15. The molecular formula is C21H6Cl12O4S. The van der Waals surface area contributed by atoms with Crippen molar-refractivity contribution < 1.29 is 17.4 Å². The number of fused-ring (bicyclic) bond motifs is 15. The smallest absolute Gasteiger partial charge is 0.338 e. The predicted octanol–water partition coefficient (Wildman–Crippen LogP) is 8.65. The van der Waals surface area contributed by atoms with Crippen molar-refractivity contribution in [3.8, 4) is 0 Å². The Morgan fingerprint density at radius 1 is 0.632 bits per heavy atom. The van der Waals surface area contributed by atoms with Crippen LogP contribution in [0.25, 0.3) is 0 Å². The standard InChI is InChI=1S/C21H6Cl12O4S/c22-11-13(24)18(28)9-7(16(11,26)20(18,30)31)3-1-5-6(38(35,36)37-15(5)34)2-4(3)8-10(9)19(29)14(25)12(23)17(8,27)21(19,32)33/h1-2,7-10H. The third-order valence-electron chi connectivity index (χ3n) is 8.90. The first kappa shape index (κ1) is 28.4. The van der Waals surface area contributed by atoms with Crippen LogP contribution >= 0.6 is 139 Å². The van der Waals surface area contributed by atoms with Crippen molar-refractivity contribution in [2.24, 2.45) is 11.8 Å². The lowest BCUT2D eigenvalue weighted by atomic mass is 9.57. The number of benzene rings is 1. The Labute approximate surface area is 275 Å². The van der Waals surface area contributed by atoms with Crippen molar-refractivity contribution in [1.82, 2.24) is 0 Å². The lowest BCUT2D eigenvalue weighted by Gasteiger charge is -2.52. The minimum absolute atomic E-state index is 0.125. The highest BCUT2D eigenvalue weighted by Crippen LogP contribution is 2.88. The van der Waals surface area contributed by atoms with Crippen LogP contribution < -0.4 is 0 Å². The van der Waals surface area contributed by atoms with Gasteiger partial charge in [-0.1, -0.05) is 92.8 Å². The molecule has 17 heteroatoms. The van der Waals surface area contributed by atoms with E-state index >= 15 is 0 Å². The molecule has 4 nitrogen and oxygen atoms in total. The average Bonchev–Trinajstić information content (AvgIpc) is 3.28. The fourth-order valence-corrected chi connectivity index (χ4v) is 14.6. The molecule has 8 atom stereocenters. The largest absolute Gasteiger partial charge is 0.355 e. The number of halogens is 12. The zero-order chi connectivity index (χ0) is 28.1. The lowest BCUT2D eigenvalue weighted by molar-refractivity contribution is 0.0762. The van der Waals surface area contributed by atoms with Crippen LogP contribution in [-0.4, -0.2) is 42.6 Å². The molecule has 1 aromatic carbocycles. The molecule has 204 valence electrons. The normalized spacial score (nSPS) is 47.7. The van der Waals surface area contributed by atoms with Crippen LogP contribution in [0.2, 0.25) is 0 Å². The Hall–Kier alpha value is 1.60. The molecular weight excluding hydrogens is 774 g/mol. The second-order valence-corrected chi connectivity index (χ2v) is 18.1. The number of carbonyl (C=O) groups is 1. The van der Waals surface area contributed by atoms with Crippen molar-refractivity contribution in [3.05, 3.63) is 49.0 Å². The molecule has 1 heterocycles. The van der Waals surface area contributed by atoms with Crippen molar-refractivity contribution in [1.29, 1.82) is 0 Å². The second-order valence-electron chi connectivity index (χ2n) is 10.1. The summed E-state index contributed by atoms with van der Waals surface area (Å²) in [4.78, 5) is 4.64. The Kier molecular flexibility index (Phi) is 5.56. The molecule has 0 spiro atoms. The van der Waals surface area contributed by atoms with E-state index in [2.05, 4.69) is 4.18 Å². The molecule has 4 bridgehead atoms. The average molecular weight is 780 g/mol. The van der Waals surface area contributed by atoms with Gasteiger partial charge in [0.25, 0.3) is 0 Å². The maximum atomic E-state index is 12.7. The summed E-state index contributed by atoms with van der Waals surface area (Å²) >= 11 is 83.3. The molecule has 8 unspecified atom stereocenters. The Morgan fingerprint density at radius 2 is 1.00 bits per heavy atom. The van der Waals surface area contributed by atoms with E-state index < -0.39 is 72.8 Å². The Morgan fingerprint density at radius 3 is 1.42 bits per heavy atom. The predicted molar refractivity (Wildman–Crippen MR) is 152 cm³/mol. The third-order valence-corrected chi connectivity index (χ3v) is 18.7. The number of allylic oxidation sites excluding steroid dienone is 4. The number of hydrogen-bond donors (Lipinski definition) is 0. The highest BCUT2D eigenvalue weighted by Gasteiger charge is 2.91. The molecule has 0 saturated heterocycles. The Balaban J connectivity index is 1.67. The van der Waals surface area contributed by atoms with Gasteiger partial charge in [0.1, 0.15) is 24.4 Å². The van der Waals surface area contributed by atoms with E-state index in [0.29, 0.717) is 5.56 Å². The fourth-order valence-electron chi connectivity index (χ4n) is 7.48. The van der Waals surface area contributed by atoms with Gasteiger partial charge in [-0.2, -0.15) is 8.42 Å². The minimum Gasteiger partial charge on any atom is -0.338 e. The topological polar surface area (TPSA) is 60.4 Å². The third kappa shape index (κ3) is 2.41. The van der Waals surface area contributed by atoms with Crippen molar-refractivity contribution >= 4 is 155 Å². The van der Waals surface area contributed by atoms with Crippen LogP contribution in [0, 0.1) is 11.8 Å². The number of alkyl halides is 8. The summed E-state index contributed by atoms with van der Waals surface area (Å²) in [6.07, 6.45) is 0. The monoisotopic (exact) mass is 774 g/mol. The summed E-state index contributed by atoms with van der Waals surface area (Å²) in [6.45, 7) is 0. The fraction of sp³-hybridized carbons (Fsp3) is 0.476. The molecule has 0 N–H and O–H groups in total. The van der Waals surface area contributed by atoms with E-state index in [1.807, 2.05) is 0 Å². The SMILES string of the molecule is O=C1OS(=O)(=O)c2cc3c(cc21)C1C(C2C3C3(Cl)C(Cl)=C(Cl)C2(Cl)C3(Cl)Cl)C2(Cl)C(Cl)=C(Cl)C1(Cl)C2(Cl)Cl. The summed E-state index contributed by atoms with van der Waals surface area (Å²) in [6, 6.07) is 2.55. The van der Waals surface area contributed by atoms with E-state index in [0.717, 1.165) is 0 Å². The first-order valence-electron chi connectivity index (χ1n) is 10.5. The molecule has 0 amide bonds. The van der Waals surface area contributed by atoms with Gasteiger partial charge in [-0.25, -0.2) is 4.79 Å². The van der Waals surface area contributed by atoms with Crippen molar-refractivity contribution in [2.45, 2.75) is 44.9 Å². The van der Waals surface area contributed by atoms with Gasteiger partial charge in [-0.3, -0.25) is 0 Å². The molecule has 0 radical (unpaired) electrons. The quantitative estimate of drug-likeness (QED) is 0.196.